The fourth-order valence-electron chi connectivity index (χ4n) is 2.78. The number of hydrogen-bond donors (Lipinski definition) is 1. The van der Waals surface area contributed by atoms with Gasteiger partial charge in [-0.05, 0) is 25.2 Å². The molecule has 2 aromatic rings. The third-order valence-electron chi connectivity index (χ3n) is 3.58. The number of nitrogens with two attached hydrogens (primary N) is 1. The molecule has 0 aromatic carbocycles. The Morgan fingerprint density at radius 1 is 1.50 bits per heavy atom. The first-order valence-electron chi connectivity index (χ1n) is 6.02. The molecule has 2 N–H and O–H groups in total. The molecule has 0 amide bonds. The summed E-state index contributed by atoms with van der Waals surface area (Å²) in [6.07, 6.45) is 7.43. The van der Waals surface area contributed by atoms with E-state index < -0.39 is 0 Å². The Bertz CT molecular complexity index is 583. The van der Waals surface area contributed by atoms with Gasteiger partial charge in [-0.3, -0.25) is 4.57 Å². The molecule has 0 aliphatic heterocycles. The SMILES string of the molecule is CSC1CCCC1n1c(N)nc2cc(Cl)cnc21. The Morgan fingerprint density at radius 2 is 2.33 bits per heavy atom. The maximum absolute atomic E-state index is 6.06. The van der Waals surface area contributed by atoms with E-state index >= 15 is 0 Å². The van der Waals surface area contributed by atoms with Crippen molar-refractivity contribution in [3.05, 3.63) is 17.3 Å². The number of nitrogens with zero attached hydrogens (tertiary/aromatic N) is 3. The van der Waals surface area contributed by atoms with Crippen LogP contribution in [-0.2, 0) is 0 Å². The molecule has 1 saturated carbocycles. The molecular formula is C12H15ClN4S. The van der Waals surface area contributed by atoms with Gasteiger partial charge in [0.05, 0.1) is 11.1 Å². The molecular weight excluding hydrogens is 268 g/mol. The number of pyridine rings is 1. The lowest BCUT2D eigenvalue weighted by Gasteiger charge is -2.20. The van der Waals surface area contributed by atoms with Gasteiger partial charge in [0.25, 0.3) is 0 Å². The minimum absolute atomic E-state index is 0.402. The number of aromatic nitrogens is 3. The third kappa shape index (κ3) is 1.86. The maximum Gasteiger partial charge on any atom is 0.202 e. The molecule has 0 saturated heterocycles. The van der Waals surface area contributed by atoms with E-state index in [0.29, 0.717) is 22.3 Å². The smallest absolute Gasteiger partial charge is 0.202 e. The summed E-state index contributed by atoms with van der Waals surface area (Å²) in [5.41, 5.74) is 7.69. The van der Waals surface area contributed by atoms with Gasteiger partial charge >= 0.3 is 0 Å². The maximum atomic E-state index is 6.06. The van der Waals surface area contributed by atoms with Gasteiger partial charge in [0.2, 0.25) is 5.95 Å². The Balaban J connectivity index is 2.13. The highest BCUT2D eigenvalue weighted by molar-refractivity contribution is 7.99. The predicted molar refractivity (Wildman–Crippen MR) is 77.1 cm³/mol. The summed E-state index contributed by atoms with van der Waals surface area (Å²) in [6, 6.07) is 2.22. The van der Waals surface area contributed by atoms with Crippen LogP contribution in [0.15, 0.2) is 12.3 Å². The number of fused-ring (bicyclic) bond motifs is 1. The summed E-state index contributed by atoms with van der Waals surface area (Å²) in [5, 5.41) is 1.20. The average Bonchev–Trinajstić information content (AvgIpc) is 2.90. The number of rotatable bonds is 2. The minimum Gasteiger partial charge on any atom is -0.369 e. The first kappa shape index (κ1) is 12.1. The molecule has 2 aromatic heterocycles. The van der Waals surface area contributed by atoms with Crippen LogP contribution in [0.4, 0.5) is 5.95 Å². The Labute approximate surface area is 115 Å². The van der Waals surface area contributed by atoms with E-state index in [1.165, 1.54) is 12.8 Å². The van der Waals surface area contributed by atoms with Crippen LogP contribution in [0.1, 0.15) is 25.3 Å². The van der Waals surface area contributed by atoms with Gasteiger partial charge in [0.1, 0.15) is 5.52 Å². The van der Waals surface area contributed by atoms with Gasteiger partial charge in [-0.1, -0.05) is 18.0 Å². The number of thioether (sulfide) groups is 1. The van der Waals surface area contributed by atoms with Crippen molar-refractivity contribution in [3.8, 4) is 0 Å². The second-order valence-corrected chi connectivity index (χ2v) is 6.12. The Morgan fingerprint density at radius 3 is 3.11 bits per heavy atom. The van der Waals surface area contributed by atoms with E-state index in [-0.39, 0.29) is 0 Å². The lowest BCUT2D eigenvalue weighted by atomic mass is 10.2. The van der Waals surface area contributed by atoms with Crippen LogP contribution in [0.25, 0.3) is 11.2 Å². The summed E-state index contributed by atoms with van der Waals surface area (Å²) in [6.45, 7) is 0. The van der Waals surface area contributed by atoms with Crippen molar-refractivity contribution in [2.24, 2.45) is 0 Å². The second kappa shape index (κ2) is 4.63. The molecule has 2 heterocycles. The molecule has 18 heavy (non-hydrogen) atoms. The number of imidazole rings is 1. The molecule has 1 aliphatic carbocycles. The van der Waals surface area contributed by atoms with Crippen LogP contribution in [0.5, 0.6) is 0 Å². The highest BCUT2D eigenvalue weighted by Crippen LogP contribution is 2.40. The largest absolute Gasteiger partial charge is 0.369 e. The fourth-order valence-corrected chi connectivity index (χ4v) is 3.91. The summed E-state index contributed by atoms with van der Waals surface area (Å²) >= 11 is 7.84. The van der Waals surface area contributed by atoms with Gasteiger partial charge in [-0.2, -0.15) is 11.8 Å². The zero-order chi connectivity index (χ0) is 12.7. The number of nitrogen functional groups attached to an aromatic ring is 1. The molecule has 1 aliphatic rings. The van der Waals surface area contributed by atoms with Gasteiger partial charge in [-0.15, -0.1) is 0 Å². The first-order chi connectivity index (χ1) is 8.70. The topological polar surface area (TPSA) is 56.7 Å². The van der Waals surface area contributed by atoms with Crippen LogP contribution in [0.2, 0.25) is 5.02 Å². The van der Waals surface area contributed by atoms with Crippen molar-refractivity contribution in [2.75, 3.05) is 12.0 Å². The third-order valence-corrected chi connectivity index (χ3v) is 4.94. The van der Waals surface area contributed by atoms with Gasteiger partial charge < -0.3 is 5.73 Å². The molecule has 1 fully saturated rings. The summed E-state index contributed by atoms with van der Waals surface area (Å²) in [7, 11) is 0. The van der Waals surface area contributed by atoms with Crippen LogP contribution in [0.3, 0.4) is 0 Å². The van der Waals surface area contributed by atoms with Crippen LogP contribution in [0, 0.1) is 0 Å². The summed E-state index contributed by atoms with van der Waals surface area (Å²) in [4.78, 5) is 8.77. The Kier molecular flexibility index (Phi) is 3.11. The van der Waals surface area contributed by atoms with Crippen molar-refractivity contribution in [2.45, 2.75) is 30.6 Å². The van der Waals surface area contributed by atoms with Crippen molar-refractivity contribution in [3.63, 3.8) is 0 Å². The van der Waals surface area contributed by atoms with Gasteiger partial charge in [-0.25, -0.2) is 9.97 Å². The second-order valence-electron chi connectivity index (χ2n) is 4.61. The lowest BCUT2D eigenvalue weighted by Crippen LogP contribution is -2.18. The monoisotopic (exact) mass is 282 g/mol. The van der Waals surface area contributed by atoms with E-state index in [4.69, 9.17) is 17.3 Å². The predicted octanol–water partition coefficient (Wildman–Crippen LogP) is 3.12. The van der Waals surface area contributed by atoms with Crippen LogP contribution < -0.4 is 5.73 Å². The van der Waals surface area contributed by atoms with E-state index in [0.717, 1.165) is 17.6 Å². The van der Waals surface area contributed by atoms with E-state index in [1.54, 1.807) is 6.20 Å². The van der Waals surface area contributed by atoms with E-state index in [1.807, 2.05) is 17.8 Å². The van der Waals surface area contributed by atoms with Crippen molar-refractivity contribution in [1.29, 1.82) is 0 Å². The molecule has 0 bridgehead atoms. The number of hydrogen-bond acceptors (Lipinski definition) is 4. The standard InChI is InChI=1S/C12H15ClN4S/c1-18-10-4-2-3-9(10)17-11-8(16-12(17)14)5-7(13)6-15-11/h5-6,9-10H,2-4H2,1H3,(H2,14,16). The quantitative estimate of drug-likeness (QED) is 0.919. The Hall–Kier alpha value is -0.940. The first-order valence-corrected chi connectivity index (χ1v) is 7.69. The lowest BCUT2D eigenvalue weighted by molar-refractivity contribution is 0.546. The normalized spacial score (nSPS) is 23.9. The molecule has 2 atom stereocenters. The summed E-state index contributed by atoms with van der Waals surface area (Å²) in [5.74, 6) is 0.547. The molecule has 4 nitrogen and oxygen atoms in total. The highest BCUT2D eigenvalue weighted by Gasteiger charge is 2.30. The molecule has 6 heteroatoms. The fraction of sp³-hybridized carbons (Fsp3) is 0.500. The molecule has 0 radical (unpaired) electrons. The number of anilines is 1. The van der Waals surface area contributed by atoms with Crippen LogP contribution in [-0.4, -0.2) is 26.0 Å². The minimum atomic E-state index is 0.402. The van der Waals surface area contributed by atoms with Crippen molar-refractivity contribution >= 4 is 40.5 Å². The van der Waals surface area contributed by atoms with Crippen molar-refractivity contribution in [1.82, 2.24) is 14.5 Å². The average molecular weight is 283 g/mol. The molecule has 96 valence electrons. The van der Waals surface area contributed by atoms with E-state index in [2.05, 4.69) is 20.8 Å². The summed E-state index contributed by atoms with van der Waals surface area (Å²) < 4.78 is 2.08. The van der Waals surface area contributed by atoms with Crippen LogP contribution >= 0.6 is 23.4 Å². The van der Waals surface area contributed by atoms with Gasteiger partial charge in [0, 0.05) is 11.4 Å². The molecule has 3 rings (SSSR count). The van der Waals surface area contributed by atoms with Gasteiger partial charge in [0.15, 0.2) is 5.65 Å². The molecule has 0 spiro atoms. The van der Waals surface area contributed by atoms with E-state index in [9.17, 15) is 0 Å². The zero-order valence-corrected chi connectivity index (χ0v) is 11.7. The highest BCUT2D eigenvalue weighted by atomic mass is 35.5. The van der Waals surface area contributed by atoms with Crippen molar-refractivity contribution < 1.29 is 0 Å². The number of halogens is 1. The zero-order valence-electron chi connectivity index (χ0n) is 10.1. The molecule has 2 unspecified atom stereocenters.